The molecule has 3 rings (SSSR count). The molecule has 1 N–H and O–H groups in total. The minimum absolute atomic E-state index is 0.0448. The molecule has 0 spiro atoms. The van der Waals surface area contributed by atoms with Gasteiger partial charge in [-0.25, -0.2) is 4.68 Å². The van der Waals surface area contributed by atoms with Crippen molar-refractivity contribution in [2.24, 2.45) is 7.05 Å². The number of aryl methyl sites for hydroxylation is 1. The molecule has 1 aliphatic heterocycles. The van der Waals surface area contributed by atoms with E-state index in [1.54, 1.807) is 19.3 Å². The van der Waals surface area contributed by atoms with Crippen LogP contribution in [0, 0.1) is 0 Å². The van der Waals surface area contributed by atoms with Crippen LogP contribution in [0.1, 0.15) is 5.56 Å². The normalized spacial score (nSPS) is 15.0. The highest BCUT2D eigenvalue weighted by molar-refractivity contribution is 6.33. The summed E-state index contributed by atoms with van der Waals surface area (Å²) in [5.74, 6) is -0.0448. The molecule has 1 amide bonds. The summed E-state index contributed by atoms with van der Waals surface area (Å²) >= 11 is 12.3. The number of hydrogen-bond acceptors (Lipinski definition) is 5. The van der Waals surface area contributed by atoms with Crippen LogP contribution in [0.5, 0.6) is 0 Å². The molecule has 9 heteroatoms. The quantitative estimate of drug-likeness (QED) is 0.810. The summed E-state index contributed by atoms with van der Waals surface area (Å²) in [6, 6.07) is 7.45. The van der Waals surface area contributed by atoms with Crippen molar-refractivity contribution < 1.29 is 4.79 Å². The van der Waals surface area contributed by atoms with Gasteiger partial charge in [-0.3, -0.25) is 14.5 Å². The number of halogens is 2. The van der Waals surface area contributed by atoms with Crippen LogP contribution < -0.4 is 15.8 Å². The van der Waals surface area contributed by atoms with Crippen LogP contribution in [0.3, 0.4) is 0 Å². The van der Waals surface area contributed by atoms with Crippen LogP contribution in [0.15, 0.2) is 35.3 Å². The fourth-order valence-corrected chi connectivity index (χ4v) is 3.46. The van der Waals surface area contributed by atoms with E-state index in [4.69, 9.17) is 23.2 Å². The molecule has 0 bridgehead atoms. The molecule has 144 valence electrons. The van der Waals surface area contributed by atoms with Crippen LogP contribution in [0.25, 0.3) is 0 Å². The number of aromatic nitrogens is 2. The third-order valence-corrected chi connectivity index (χ3v) is 5.30. The van der Waals surface area contributed by atoms with Gasteiger partial charge in [-0.15, -0.1) is 0 Å². The van der Waals surface area contributed by atoms with E-state index in [1.807, 2.05) is 23.1 Å². The van der Waals surface area contributed by atoms with E-state index < -0.39 is 0 Å². The predicted octanol–water partition coefficient (Wildman–Crippen LogP) is 1.53. The van der Waals surface area contributed by atoms with Crippen LogP contribution in [-0.4, -0.2) is 53.3 Å². The number of nitrogens with one attached hydrogen (secondary N) is 1. The Morgan fingerprint density at radius 2 is 1.89 bits per heavy atom. The maximum atomic E-state index is 12.2. The number of carbonyl (C=O) groups is 1. The lowest BCUT2D eigenvalue weighted by atomic mass is 10.2. The van der Waals surface area contributed by atoms with E-state index in [2.05, 4.69) is 15.3 Å². The lowest BCUT2D eigenvalue weighted by Gasteiger charge is -2.35. The monoisotopic (exact) mass is 409 g/mol. The van der Waals surface area contributed by atoms with Crippen molar-refractivity contribution in [1.82, 2.24) is 20.0 Å². The molecule has 0 aliphatic carbocycles. The fraction of sp³-hybridized carbons (Fsp3) is 0.389. The van der Waals surface area contributed by atoms with E-state index >= 15 is 0 Å². The Morgan fingerprint density at radius 1 is 1.19 bits per heavy atom. The molecule has 0 atom stereocenters. The third kappa shape index (κ3) is 4.80. The van der Waals surface area contributed by atoms with Gasteiger partial charge in [0.15, 0.2) is 0 Å². The summed E-state index contributed by atoms with van der Waals surface area (Å²) in [7, 11) is 1.57. The Balaban J connectivity index is 1.49. The fourth-order valence-electron chi connectivity index (χ4n) is 2.96. The zero-order chi connectivity index (χ0) is 19.4. The van der Waals surface area contributed by atoms with Gasteiger partial charge >= 0.3 is 0 Å². The summed E-state index contributed by atoms with van der Waals surface area (Å²) in [6.45, 7) is 3.47. The molecule has 1 aliphatic rings. The number of benzene rings is 1. The van der Waals surface area contributed by atoms with Gasteiger partial charge < -0.3 is 10.2 Å². The van der Waals surface area contributed by atoms with Crippen molar-refractivity contribution in [3.8, 4) is 0 Å². The van der Waals surface area contributed by atoms with Crippen molar-refractivity contribution in [1.29, 1.82) is 0 Å². The molecule has 0 unspecified atom stereocenters. The average molecular weight is 410 g/mol. The standard InChI is InChI=1S/C18H21Cl2N5O2/c1-23-18(27)17(20)15(11-22-23)25-8-6-24(7-9-25)12-16(26)21-10-13-4-2-3-5-14(13)19/h2-5,11H,6-10,12H2,1H3,(H,21,26). The zero-order valence-electron chi connectivity index (χ0n) is 15.0. The Hall–Kier alpha value is -2.09. The molecule has 1 saturated heterocycles. The first-order valence-corrected chi connectivity index (χ1v) is 9.40. The number of nitrogens with zero attached hydrogens (tertiary/aromatic N) is 4. The van der Waals surface area contributed by atoms with Gasteiger partial charge in [-0.1, -0.05) is 41.4 Å². The second-order valence-corrected chi connectivity index (χ2v) is 7.19. The van der Waals surface area contributed by atoms with Crippen LogP contribution in [0.4, 0.5) is 5.69 Å². The van der Waals surface area contributed by atoms with Gasteiger partial charge in [0.05, 0.1) is 18.4 Å². The van der Waals surface area contributed by atoms with Gasteiger partial charge in [0, 0.05) is 44.8 Å². The summed E-state index contributed by atoms with van der Waals surface area (Å²) in [4.78, 5) is 28.2. The largest absolute Gasteiger partial charge is 0.366 e. The zero-order valence-corrected chi connectivity index (χ0v) is 16.5. The van der Waals surface area contributed by atoms with Crippen molar-refractivity contribution >= 4 is 34.8 Å². The maximum Gasteiger partial charge on any atom is 0.287 e. The molecule has 0 saturated carbocycles. The molecule has 27 heavy (non-hydrogen) atoms. The number of carbonyl (C=O) groups excluding carboxylic acids is 1. The van der Waals surface area contributed by atoms with E-state index in [9.17, 15) is 9.59 Å². The molecule has 1 aromatic heterocycles. The first-order valence-electron chi connectivity index (χ1n) is 8.65. The van der Waals surface area contributed by atoms with Gasteiger partial charge in [-0.2, -0.15) is 5.10 Å². The number of anilines is 1. The smallest absolute Gasteiger partial charge is 0.287 e. The van der Waals surface area contributed by atoms with Crippen LogP contribution in [0.2, 0.25) is 10.0 Å². The van der Waals surface area contributed by atoms with E-state index in [-0.39, 0.29) is 16.5 Å². The second-order valence-electron chi connectivity index (χ2n) is 6.40. The van der Waals surface area contributed by atoms with E-state index in [0.717, 1.165) is 5.56 Å². The van der Waals surface area contributed by atoms with Gasteiger partial charge in [-0.05, 0) is 11.6 Å². The SMILES string of the molecule is Cn1ncc(N2CCN(CC(=O)NCc3ccccc3Cl)CC2)c(Cl)c1=O. The first kappa shape index (κ1) is 19.7. The third-order valence-electron chi connectivity index (χ3n) is 4.57. The molecule has 7 nitrogen and oxygen atoms in total. The summed E-state index contributed by atoms with van der Waals surface area (Å²) in [5, 5.41) is 7.75. The number of hydrogen-bond donors (Lipinski definition) is 1. The molecule has 0 radical (unpaired) electrons. The van der Waals surface area contributed by atoms with Gasteiger partial charge in [0.2, 0.25) is 5.91 Å². The molecule has 2 aromatic rings. The average Bonchev–Trinajstić information content (AvgIpc) is 2.66. The van der Waals surface area contributed by atoms with Crippen LogP contribution in [-0.2, 0) is 18.4 Å². The van der Waals surface area contributed by atoms with E-state index in [0.29, 0.717) is 50.0 Å². The maximum absolute atomic E-state index is 12.2. The Kier molecular flexibility index (Phi) is 6.36. The summed E-state index contributed by atoms with van der Waals surface area (Å²) in [5.41, 5.74) is 1.23. The molecule has 1 fully saturated rings. The molecule has 2 heterocycles. The molecule has 1 aromatic carbocycles. The van der Waals surface area contributed by atoms with Crippen molar-refractivity contribution in [2.75, 3.05) is 37.6 Å². The highest BCUT2D eigenvalue weighted by Crippen LogP contribution is 2.22. The highest BCUT2D eigenvalue weighted by Gasteiger charge is 2.22. The topological polar surface area (TPSA) is 70.5 Å². The number of piperazine rings is 1. The number of rotatable bonds is 5. The minimum Gasteiger partial charge on any atom is -0.366 e. The lowest BCUT2D eigenvalue weighted by molar-refractivity contribution is -0.122. The van der Waals surface area contributed by atoms with Crippen molar-refractivity contribution in [3.05, 3.63) is 56.4 Å². The Labute approximate surface area is 167 Å². The van der Waals surface area contributed by atoms with Crippen LogP contribution >= 0.6 is 23.2 Å². The molecular weight excluding hydrogens is 389 g/mol. The second kappa shape index (κ2) is 8.73. The molecular formula is C18H21Cl2N5O2. The highest BCUT2D eigenvalue weighted by atomic mass is 35.5. The van der Waals surface area contributed by atoms with Gasteiger partial charge in [0.25, 0.3) is 5.56 Å². The van der Waals surface area contributed by atoms with E-state index in [1.165, 1.54) is 4.68 Å². The Bertz CT molecular complexity index is 878. The lowest BCUT2D eigenvalue weighted by Crippen LogP contribution is -2.49. The predicted molar refractivity (Wildman–Crippen MR) is 106 cm³/mol. The Morgan fingerprint density at radius 3 is 2.59 bits per heavy atom. The van der Waals surface area contributed by atoms with Crippen molar-refractivity contribution in [3.63, 3.8) is 0 Å². The summed E-state index contributed by atoms with van der Waals surface area (Å²) < 4.78 is 1.21. The summed E-state index contributed by atoms with van der Waals surface area (Å²) in [6.07, 6.45) is 1.61. The minimum atomic E-state index is -0.310. The van der Waals surface area contributed by atoms with Crippen molar-refractivity contribution in [2.45, 2.75) is 6.54 Å². The first-order chi connectivity index (χ1) is 13.0. The van der Waals surface area contributed by atoms with Gasteiger partial charge in [0.1, 0.15) is 5.02 Å². The number of amides is 1.